The molecule has 5 nitrogen and oxygen atoms in total. The molecule has 0 amide bonds. The maximum absolute atomic E-state index is 11.2. The fourth-order valence-corrected chi connectivity index (χ4v) is 1.60. The van der Waals surface area contributed by atoms with Crippen LogP contribution in [0.3, 0.4) is 0 Å². The van der Waals surface area contributed by atoms with Crippen molar-refractivity contribution in [3.8, 4) is 0 Å². The van der Waals surface area contributed by atoms with E-state index < -0.39 is 0 Å². The van der Waals surface area contributed by atoms with Gasteiger partial charge < -0.3 is 5.32 Å². The molecular formula is C9H14N4O. The van der Waals surface area contributed by atoms with Gasteiger partial charge in [0, 0.05) is 26.4 Å². The number of nitrogens with one attached hydrogen (secondary N) is 1. The van der Waals surface area contributed by atoms with Gasteiger partial charge in [0.15, 0.2) is 5.82 Å². The predicted octanol–water partition coefficient (Wildman–Crippen LogP) is 0.117. The van der Waals surface area contributed by atoms with E-state index in [-0.39, 0.29) is 6.04 Å². The van der Waals surface area contributed by atoms with Crippen molar-refractivity contribution < 1.29 is 4.79 Å². The van der Waals surface area contributed by atoms with E-state index in [1.54, 1.807) is 4.68 Å². The monoisotopic (exact) mass is 194 g/mol. The smallest absolute Gasteiger partial charge is 0.168 e. The van der Waals surface area contributed by atoms with Gasteiger partial charge in [-0.2, -0.15) is 5.10 Å². The molecule has 1 unspecified atom stereocenters. The highest BCUT2D eigenvalue weighted by Crippen LogP contribution is 2.17. The molecule has 1 aliphatic rings. The van der Waals surface area contributed by atoms with E-state index in [2.05, 4.69) is 15.4 Å². The summed E-state index contributed by atoms with van der Waals surface area (Å²) in [6, 6.07) is 0.0103. The number of aromatic nitrogens is 3. The van der Waals surface area contributed by atoms with E-state index in [1.807, 2.05) is 14.0 Å². The zero-order valence-corrected chi connectivity index (χ0v) is 8.45. The Balaban J connectivity index is 2.17. The topological polar surface area (TPSA) is 59.8 Å². The molecule has 2 heterocycles. The van der Waals surface area contributed by atoms with Crippen LogP contribution in [0.1, 0.15) is 30.5 Å². The number of carbonyl (C=O) groups is 1. The lowest BCUT2D eigenvalue weighted by atomic mass is 10.0. The normalized spacial score (nSPS) is 22.7. The van der Waals surface area contributed by atoms with Crippen molar-refractivity contribution in [2.45, 2.75) is 25.8 Å². The highest BCUT2D eigenvalue weighted by molar-refractivity contribution is 5.80. The van der Waals surface area contributed by atoms with Crippen molar-refractivity contribution in [3.63, 3.8) is 0 Å². The van der Waals surface area contributed by atoms with Crippen molar-refractivity contribution in [2.24, 2.45) is 7.05 Å². The molecule has 5 heteroatoms. The number of hydrogen-bond donors (Lipinski definition) is 1. The lowest BCUT2D eigenvalue weighted by Gasteiger charge is -2.19. The van der Waals surface area contributed by atoms with E-state index in [1.165, 1.54) is 0 Å². The van der Waals surface area contributed by atoms with Crippen LogP contribution < -0.4 is 5.32 Å². The second-order valence-electron chi connectivity index (χ2n) is 3.64. The summed E-state index contributed by atoms with van der Waals surface area (Å²) in [5, 5.41) is 7.51. The summed E-state index contributed by atoms with van der Waals surface area (Å²) in [6.07, 6.45) is 1.14. The van der Waals surface area contributed by atoms with Crippen LogP contribution in [0.5, 0.6) is 0 Å². The first-order valence-corrected chi connectivity index (χ1v) is 4.79. The van der Waals surface area contributed by atoms with E-state index in [0.717, 1.165) is 18.2 Å². The van der Waals surface area contributed by atoms with Crippen LogP contribution >= 0.6 is 0 Å². The van der Waals surface area contributed by atoms with Crippen molar-refractivity contribution in [2.75, 3.05) is 6.54 Å². The fourth-order valence-electron chi connectivity index (χ4n) is 1.60. The van der Waals surface area contributed by atoms with Gasteiger partial charge in [0.25, 0.3) is 0 Å². The molecule has 1 aromatic heterocycles. The lowest BCUT2D eigenvalue weighted by Crippen LogP contribution is -2.32. The molecule has 1 aromatic rings. The summed E-state index contributed by atoms with van der Waals surface area (Å²) in [7, 11) is 1.86. The zero-order valence-electron chi connectivity index (χ0n) is 8.45. The second-order valence-corrected chi connectivity index (χ2v) is 3.64. The molecule has 0 spiro atoms. The Bertz CT molecular complexity index is 338. The van der Waals surface area contributed by atoms with E-state index in [0.29, 0.717) is 18.6 Å². The van der Waals surface area contributed by atoms with Gasteiger partial charge in [0.2, 0.25) is 0 Å². The van der Waals surface area contributed by atoms with Gasteiger partial charge in [-0.05, 0) is 6.92 Å². The Hall–Kier alpha value is -1.23. The van der Waals surface area contributed by atoms with Gasteiger partial charge in [0.05, 0.1) is 6.04 Å². The standard InChI is InChI=1S/C9H14N4O/c1-6-11-9(12-13(6)2)8-5-7(14)3-4-10-8/h8,10H,3-5H2,1-2H3. The first kappa shape index (κ1) is 9.33. The minimum atomic E-state index is 0.0103. The molecule has 1 saturated heterocycles. The molecule has 14 heavy (non-hydrogen) atoms. The molecule has 0 radical (unpaired) electrons. The summed E-state index contributed by atoms with van der Waals surface area (Å²) in [5.74, 6) is 1.90. The molecule has 1 fully saturated rings. The van der Waals surface area contributed by atoms with Crippen molar-refractivity contribution in [3.05, 3.63) is 11.6 Å². The Morgan fingerprint density at radius 2 is 2.36 bits per heavy atom. The third-order valence-electron chi connectivity index (χ3n) is 2.54. The molecule has 0 bridgehead atoms. The maximum atomic E-state index is 11.2. The van der Waals surface area contributed by atoms with E-state index >= 15 is 0 Å². The highest BCUT2D eigenvalue weighted by Gasteiger charge is 2.23. The summed E-state index contributed by atoms with van der Waals surface area (Å²) in [4.78, 5) is 15.5. The van der Waals surface area contributed by atoms with E-state index in [4.69, 9.17) is 0 Å². The van der Waals surface area contributed by atoms with Crippen molar-refractivity contribution >= 4 is 5.78 Å². The molecule has 76 valence electrons. The zero-order chi connectivity index (χ0) is 10.1. The Morgan fingerprint density at radius 3 is 2.93 bits per heavy atom. The summed E-state index contributed by atoms with van der Waals surface area (Å²) < 4.78 is 1.73. The SMILES string of the molecule is Cc1nc(C2CC(=O)CCN2)nn1C. The minimum absolute atomic E-state index is 0.0103. The molecule has 2 rings (SSSR count). The highest BCUT2D eigenvalue weighted by atomic mass is 16.1. The maximum Gasteiger partial charge on any atom is 0.168 e. The number of ketones is 1. The van der Waals surface area contributed by atoms with Gasteiger partial charge in [-0.1, -0.05) is 0 Å². The number of aryl methyl sites for hydroxylation is 2. The Labute approximate surface area is 82.5 Å². The number of Topliss-reactive ketones (excluding diaryl/α,β-unsaturated/α-hetero) is 1. The average Bonchev–Trinajstić information content (AvgIpc) is 2.47. The number of hydrogen-bond acceptors (Lipinski definition) is 4. The Kier molecular flexibility index (Phi) is 2.33. The summed E-state index contributed by atoms with van der Waals surface area (Å²) in [5.41, 5.74) is 0. The molecule has 0 aliphatic carbocycles. The van der Waals surface area contributed by atoms with Crippen molar-refractivity contribution in [1.82, 2.24) is 20.1 Å². The van der Waals surface area contributed by atoms with Gasteiger partial charge >= 0.3 is 0 Å². The van der Waals surface area contributed by atoms with Gasteiger partial charge in [0.1, 0.15) is 11.6 Å². The van der Waals surface area contributed by atoms with Crippen LogP contribution in [0.25, 0.3) is 0 Å². The first-order valence-electron chi connectivity index (χ1n) is 4.79. The third-order valence-corrected chi connectivity index (χ3v) is 2.54. The largest absolute Gasteiger partial charge is 0.306 e. The molecule has 1 aliphatic heterocycles. The van der Waals surface area contributed by atoms with Gasteiger partial charge in [-0.3, -0.25) is 9.48 Å². The summed E-state index contributed by atoms with van der Waals surface area (Å²) in [6.45, 7) is 2.64. The van der Waals surface area contributed by atoms with Crippen LogP contribution in [-0.2, 0) is 11.8 Å². The minimum Gasteiger partial charge on any atom is -0.306 e. The van der Waals surface area contributed by atoms with Gasteiger partial charge in [-0.15, -0.1) is 0 Å². The van der Waals surface area contributed by atoms with Gasteiger partial charge in [-0.25, -0.2) is 4.98 Å². The quantitative estimate of drug-likeness (QED) is 0.689. The van der Waals surface area contributed by atoms with Crippen LogP contribution in [0, 0.1) is 6.92 Å². The van der Waals surface area contributed by atoms with Crippen LogP contribution in [0.15, 0.2) is 0 Å². The lowest BCUT2D eigenvalue weighted by molar-refractivity contribution is -0.120. The van der Waals surface area contributed by atoms with Crippen LogP contribution in [0.4, 0.5) is 0 Å². The second kappa shape index (κ2) is 3.49. The Morgan fingerprint density at radius 1 is 1.57 bits per heavy atom. The number of rotatable bonds is 1. The first-order chi connectivity index (χ1) is 6.66. The molecule has 0 saturated carbocycles. The van der Waals surface area contributed by atoms with Crippen LogP contribution in [0.2, 0.25) is 0 Å². The van der Waals surface area contributed by atoms with E-state index in [9.17, 15) is 4.79 Å². The molecule has 0 aromatic carbocycles. The molecule has 1 atom stereocenters. The number of piperidine rings is 1. The summed E-state index contributed by atoms with van der Waals surface area (Å²) >= 11 is 0. The third kappa shape index (κ3) is 1.68. The molecular weight excluding hydrogens is 180 g/mol. The molecule has 1 N–H and O–H groups in total. The fraction of sp³-hybridized carbons (Fsp3) is 0.667. The number of carbonyl (C=O) groups excluding carboxylic acids is 1. The van der Waals surface area contributed by atoms with Crippen LogP contribution in [-0.4, -0.2) is 27.1 Å². The van der Waals surface area contributed by atoms with Crippen molar-refractivity contribution in [1.29, 1.82) is 0 Å². The average molecular weight is 194 g/mol. The number of nitrogens with zero attached hydrogens (tertiary/aromatic N) is 3. The predicted molar refractivity (Wildman–Crippen MR) is 50.7 cm³/mol.